The molecule has 0 aromatic heterocycles. The van der Waals surface area contributed by atoms with Gasteiger partial charge in [0.15, 0.2) is 0 Å². The van der Waals surface area contributed by atoms with E-state index in [-0.39, 0.29) is 31.3 Å². The van der Waals surface area contributed by atoms with E-state index in [2.05, 4.69) is 10.6 Å². The Hall–Kier alpha value is -4.16. The van der Waals surface area contributed by atoms with Crippen molar-refractivity contribution in [2.75, 3.05) is 13.1 Å². The van der Waals surface area contributed by atoms with Crippen molar-refractivity contribution in [3.8, 4) is 0 Å². The molecule has 42 heavy (non-hydrogen) atoms. The SMILES string of the molecule is CC[C@H](C)[C@H](NC(=O)[C@H](CCC(N)=O)NC(=O)OCc1ccccc1)C(=O)N1CCC[C@H]1C(=O)N1CCC[C@H]1C(N)=O. The molecule has 0 bridgehead atoms. The Labute approximate surface area is 245 Å². The van der Waals surface area contributed by atoms with Crippen molar-refractivity contribution in [1.82, 2.24) is 20.4 Å². The summed E-state index contributed by atoms with van der Waals surface area (Å²) in [6.45, 7) is 4.36. The number of hydrogen-bond donors (Lipinski definition) is 4. The molecular weight excluding hydrogens is 544 g/mol. The Bertz CT molecular complexity index is 1150. The number of carbonyl (C=O) groups excluding carboxylic acids is 6. The van der Waals surface area contributed by atoms with Gasteiger partial charge in [-0.1, -0.05) is 50.6 Å². The zero-order valence-electron chi connectivity index (χ0n) is 24.3. The first kappa shape index (κ1) is 32.4. The van der Waals surface area contributed by atoms with E-state index in [1.54, 1.807) is 31.2 Å². The van der Waals surface area contributed by atoms with Gasteiger partial charge in [-0.25, -0.2) is 4.79 Å². The number of primary amides is 2. The summed E-state index contributed by atoms with van der Waals surface area (Å²) >= 11 is 0. The monoisotopic (exact) mass is 586 g/mol. The smallest absolute Gasteiger partial charge is 0.408 e. The quantitative estimate of drug-likeness (QED) is 0.259. The van der Waals surface area contributed by atoms with E-state index in [1.165, 1.54) is 9.80 Å². The fourth-order valence-corrected chi connectivity index (χ4v) is 5.38. The average Bonchev–Trinajstić information content (AvgIpc) is 3.67. The second-order valence-corrected chi connectivity index (χ2v) is 10.9. The maximum Gasteiger partial charge on any atom is 0.408 e. The minimum Gasteiger partial charge on any atom is -0.445 e. The number of nitrogens with zero attached hydrogens (tertiary/aromatic N) is 2. The van der Waals surface area contributed by atoms with Crippen LogP contribution in [0.5, 0.6) is 0 Å². The van der Waals surface area contributed by atoms with Crippen LogP contribution in [0, 0.1) is 5.92 Å². The zero-order valence-corrected chi connectivity index (χ0v) is 24.3. The summed E-state index contributed by atoms with van der Waals surface area (Å²) in [6.07, 6.45) is 1.56. The molecule has 0 radical (unpaired) electrons. The average molecular weight is 587 g/mol. The third kappa shape index (κ3) is 8.43. The summed E-state index contributed by atoms with van der Waals surface area (Å²) in [5.74, 6) is -2.97. The van der Waals surface area contributed by atoms with Gasteiger partial charge in [0.05, 0.1) is 0 Å². The first-order valence-corrected chi connectivity index (χ1v) is 14.5. The van der Waals surface area contributed by atoms with Gasteiger partial charge < -0.3 is 36.6 Å². The lowest BCUT2D eigenvalue weighted by atomic mass is 9.96. The predicted molar refractivity (Wildman–Crippen MR) is 152 cm³/mol. The van der Waals surface area contributed by atoms with E-state index in [0.29, 0.717) is 45.2 Å². The molecule has 2 aliphatic heterocycles. The van der Waals surface area contributed by atoms with Crippen LogP contribution in [0.25, 0.3) is 0 Å². The molecule has 2 aliphatic rings. The van der Waals surface area contributed by atoms with Crippen LogP contribution in [-0.4, -0.2) is 82.7 Å². The Morgan fingerprint density at radius 3 is 2.21 bits per heavy atom. The highest BCUT2D eigenvalue weighted by Crippen LogP contribution is 2.26. The van der Waals surface area contributed by atoms with Crippen molar-refractivity contribution < 1.29 is 33.5 Å². The van der Waals surface area contributed by atoms with E-state index in [0.717, 1.165) is 5.56 Å². The second-order valence-electron chi connectivity index (χ2n) is 10.9. The van der Waals surface area contributed by atoms with Gasteiger partial charge in [-0.05, 0) is 43.6 Å². The van der Waals surface area contributed by atoms with Crippen LogP contribution in [0.1, 0.15) is 64.4 Å². The third-order valence-electron chi connectivity index (χ3n) is 7.96. The predicted octanol–water partition coefficient (Wildman–Crippen LogP) is 0.545. The minimum atomic E-state index is -1.20. The normalized spacial score (nSPS) is 20.3. The molecule has 2 fully saturated rings. The molecule has 13 heteroatoms. The van der Waals surface area contributed by atoms with Gasteiger partial charge in [0.1, 0.15) is 30.8 Å². The highest BCUT2D eigenvalue weighted by atomic mass is 16.5. The molecule has 0 unspecified atom stereocenters. The Kier molecular flexibility index (Phi) is 11.7. The lowest BCUT2D eigenvalue weighted by Crippen LogP contribution is -2.59. The molecule has 6 N–H and O–H groups in total. The lowest BCUT2D eigenvalue weighted by Gasteiger charge is -2.34. The summed E-state index contributed by atoms with van der Waals surface area (Å²) < 4.78 is 5.24. The van der Waals surface area contributed by atoms with Gasteiger partial charge in [-0.3, -0.25) is 24.0 Å². The molecule has 0 aliphatic carbocycles. The number of nitrogens with two attached hydrogens (primary N) is 2. The standard InChI is InChI=1S/C29H42N6O7/c1-3-18(2)24(28(40)35-16-8-12-22(35)27(39)34-15-7-11-21(34)25(31)37)33-26(38)20(13-14-23(30)36)32-29(41)42-17-19-9-5-4-6-10-19/h4-6,9-10,18,20-22,24H,3,7-8,11-17H2,1-2H3,(H2,30,36)(H2,31,37)(H,32,41)(H,33,38)/t18-,20-,21-,22-,24-/m0/s1. The zero-order chi connectivity index (χ0) is 30.8. The molecule has 2 saturated heterocycles. The molecule has 5 atom stereocenters. The summed E-state index contributed by atoms with van der Waals surface area (Å²) in [5, 5.41) is 5.23. The molecule has 0 spiro atoms. The van der Waals surface area contributed by atoms with Gasteiger partial charge in [-0.2, -0.15) is 0 Å². The van der Waals surface area contributed by atoms with Crippen molar-refractivity contribution in [3.05, 3.63) is 35.9 Å². The highest BCUT2D eigenvalue weighted by Gasteiger charge is 2.44. The third-order valence-corrected chi connectivity index (χ3v) is 7.96. The summed E-state index contributed by atoms with van der Waals surface area (Å²) in [7, 11) is 0. The number of likely N-dealkylation sites (tertiary alicyclic amines) is 2. The number of ether oxygens (including phenoxy) is 1. The number of benzene rings is 1. The topological polar surface area (TPSA) is 194 Å². The van der Waals surface area contributed by atoms with Crippen LogP contribution in [-0.2, 0) is 35.3 Å². The Morgan fingerprint density at radius 2 is 1.60 bits per heavy atom. The van der Waals surface area contributed by atoms with Crippen LogP contribution < -0.4 is 22.1 Å². The number of alkyl carbamates (subject to hydrolysis) is 1. The van der Waals surface area contributed by atoms with Crippen molar-refractivity contribution in [2.24, 2.45) is 17.4 Å². The number of rotatable bonds is 13. The highest BCUT2D eigenvalue weighted by molar-refractivity contribution is 5.96. The van der Waals surface area contributed by atoms with E-state index in [9.17, 15) is 28.8 Å². The first-order valence-electron chi connectivity index (χ1n) is 14.5. The molecule has 230 valence electrons. The largest absolute Gasteiger partial charge is 0.445 e. The van der Waals surface area contributed by atoms with Gasteiger partial charge in [-0.15, -0.1) is 0 Å². The molecule has 13 nitrogen and oxygen atoms in total. The molecule has 0 saturated carbocycles. The second kappa shape index (κ2) is 15.2. The fourth-order valence-electron chi connectivity index (χ4n) is 5.38. The molecular formula is C29H42N6O7. The van der Waals surface area contributed by atoms with E-state index in [4.69, 9.17) is 16.2 Å². The number of carbonyl (C=O) groups is 6. The number of amides is 6. The number of nitrogens with one attached hydrogen (secondary N) is 2. The fraction of sp³-hybridized carbons (Fsp3) is 0.586. The van der Waals surface area contributed by atoms with E-state index in [1.807, 2.05) is 13.0 Å². The van der Waals surface area contributed by atoms with Gasteiger partial charge in [0.2, 0.25) is 29.5 Å². The maximum atomic E-state index is 13.9. The molecule has 6 amide bonds. The molecule has 1 aromatic rings. The van der Waals surface area contributed by atoms with Crippen molar-refractivity contribution in [2.45, 2.75) is 89.6 Å². The van der Waals surface area contributed by atoms with Crippen molar-refractivity contribution in [3.63, 3.8) is 0 Å². The first-order chi connectivity index (χ1) is 20.0. The lowest BCUT2D eigenvalue weighted by molar-refractivity contribution is -0.148. The van der Waals surface area contributed by atoms with Crippen LogP contribution in [0.4, 0.5) is 4.79 Å². The summed E-state index contributed by atoms with van der Waals surface area (Å²) in [6, 6.07) is 5.32. The van der Waals surface area contributed by atoms with Gasteiger partial charge >= 0.3 is 6.09 Å². The van der Waals surface area contributed by atoms with Crippen LogP contribution in [0.2, 0.25) is 0 Å². The van der Waals surface area contributed by atoms with Crippen LogP contribution >= 0.6 is 0 Å². The van der Waals surface area contributed by atoms with Crippen molar-refractivity contribution >= 4 is 35.6 Å². The maximum absolute atomic E-state index is 13.9. The molecule has 2 heterocycles. The summed E-state index contributed by atoms with van der Waals surface area (Å²) in [4.78, 5) is 79.5. The van der Waals surface area contributed by atoms with E-state index < -0.39 is 53.9 Å². The summed E-state index contributed by atoms with van der Waals surface area (Å²) in [5.41, 5.74) is 11.5. The van der Waals surface area contributed by atoms with Crippen LogP contribution in [0.15, 0.2) is 30.3 Å². The molecule has 1 aromatic carbocycles. The van der Waals surface area contributed by atoms with Gasteiger partial charge in [0, 0.05) is 19.5 Å². The van der Waals surface area contributed by atoms with E-state index >= 15 is 0 Å². The van der Waals surface area contributed by atoms with Gasteiger partial charge in [0.25, 0.3) is 0 Å². The number of hydrogen-bond acceptors (Lipinski definition) is 7. The van der Waals surface area contributed by atoms with Crippen molar-refractivity contribution in [1.29, 1.82) is 0 Å². The van der Waals surface area contributed by atoms with Crippen LogP contribution in [0.3, 0.4) is 0 Å². The molecule has 3 rings (SSSR count). The Morgan fingerprint density at radius 1 is 0.952 bits per heavy atom. The minimum absolute atomic E-state index is 0.0250. The Balaban J connectivity index is 1.72.